The van der Waals surface area contributed by atoms with E-state index in [9.17, 15) is 0 Å². The lowest BCUT2D eigenvalue weighted by atomic mass is 10.3. The first-order valence-corrected chi connectivity index (χ1v) is 3.97. The molecule has 3 N–H and O–H groups in total. The van der Waals surface area contributed by atoms with Crippen molar-refractivity contribution < 1.29 is 4.74 Å². The number of ether oxygens (including phenoxy) is 1. The van der Waals surface area contributed by atoms with E-state index in [1.165, 1.54) is 0 Å². The third-order valence-corrected chi connectivity index (χ3v) is 1.53. The lowest BCUT2D eigenvalue weighted by Crippen LogP contribution is -2.36. The standard InChI is InChI=1S/C9H14N2O.2ClH/c1-8(11-10)7-12-9-5-3-2-4-6-9;;/h2-6,8,11H,7,10H2,1H3;2*1H. The van der Waals surface area contributed by atoms with Crippen molar-refractivity contribution in [3.8, 4) is 5.75 Å². The number of hydrogen-bond donors (Lipinski definition) is 2. The average Bonchev–Trinajstić information content (AvgIpc) is 2.16. The Morgan fingerprint density at radius 2 is 1.86 bits per heavy atom. The van der Waals surface area contributed by atoms with Crippen molar-refractivity contribution in [3.05, 3.63) is 30.3 Å². The second kappa shape index (κ2) is 9.09. The minimum Gasteiger partial charge on any atom is -0.492 e. The van der Waals surface area contributed by atoms with E-state index in [1.54, 1.807) is 0 Å². The monoisotopic (exact) mass is 238 g/mol. The zero-order valence-electron chi connectivity index (χ0n) is 7.97. The molecule has 1 unspecified atom stereocenters. The summed E-state index contributed by atoms with van der Waals surface area (Å²) in [5.41, 5.74) is 2.61. The summed E-state index contributed by atoms with van der Waals surface area (Å²) in [5.74, 6) is 6.08. The Kier molecular flexibility index (Phi) is 10.4. The molecule has 0 aromatic heterocycles. The summed E-state index contributed by atoms with van der Waals surface area (Å²) in [7, 11) is 0. The molecule has 0 aliphatic heterocycles. The number of benzene rings is 1. The molecule has 5 heteroatoms. The number of halogens is 2. The van der Waals surface area contributed by atoms with Crippen molar-refractivity contribution in [2.24, 2.45) is 5.84 Å². The zero-order chi connectivity index (χ0) is 8.81. The van der Waals surface area contributed by atoms with Gasteiger partial charge < -0.3 is 4.74 Å². The Morgan fingerprint density at radius 3 is 2.36 bits per heavy atom. The molecular weight excluding hydrogens is 223 g/mol. The normalized spacial score (nSPS) is 10.7. The van der Waals surface area contributed by atoms with E-state index in [0.29, 0.717) is 6.61 Å². The highest BCUT2D eigenvalue weighted by molar-refractivity contribution is 5.85. The summed E-state index contributed by atoms with van der Waals surface area (Å²) in [6.07, 6.45) is 0. The van der Waals surface area contributed by atoms with Crippen LogP contribution < -0.4 is 16.0 Å². The zero-order valence-corrected chi connectivity index (χ0v) is 9.61. The Bertz CT molecular complexity index is 221. The van der Waals surface area contributed by atoms with Gasteiger partial charge in [-0.25, -0.2) is 0 Å². The van der Waals surface area contributed by atoms with Gasteiger partial charge >= 0.3 is 0 Å². The number of nitrogens with two attached hydrogens (primary N) is 1. The highest BCUT2D eigenvalue weighted by Gasteiger charge is 1.98. The predicted octanol–water partition coefficient (Wildman–Crippen LogP) is 1.76. The Labute approximate surface area is 96.8 Å². The van der Waals surface area contributed by atoms with E-state index in [1.807, 2.05) is 37.3 Å². The molecule has 1 atom stereocenters. The molecule has 14 heavy (non-hydrogen) atoms. The number of nitrogens with one attached hydrogen (secondary N) is 1. The number of hydrazine groups is 1. The number of para-hydroxylation sites is 1. The highest BCUT2D eigenvalue weighted by atomic mass is 35.5. The van der Waals surface area contributed by atoms with E-state index < -0.39 is 0 Å². The molecule has 0 fully saturated rings. The first-order valence-electron chi connectivity index (χ1n) is 3.97. The SMILES string of the molecule is CC(COc1ccccc1)NN.Cl.Cl. The van der Waals surface area contributed by atoms with E-state index in [2.05, 4.69) is 5.43 Å². The summed E-state index contributed by atoms with van der Waals surface area (Å²) in [6, 6.07) is 9.85. The molecule has 0 aliphatic carbocycles. The van der Waals surface area contributed by atoms with Crippen LogP contribution in [0.15, 0.2) is 30.3 Å². The quantitative estimate of drug-likeness (QED) is 0.621. The van der Waals surface area contributed by atoms with Crippen LogP contribution in [0.2, 0.25) is 0 Å². The molecule has 0 spiro atoms. The van der Waals surface area contributed by atoms with Crippen LogP contribution in [0, 0.1) is 0 Å². The van der Waals surface area contributed by atoms with E-state index in [4.69, 9.17) is 10.6 Å². The van der Waals surface area contributed by atoms with Crippen LogP contribution in [0.25, 0.3) is 0 Å². The van der Waals surface area contributed by atoms with Crippen LogP contribution in [-0.4, -0.2) is 12.6 Å². The first kappa shape index (κ1) is 16.0. The maximum absolute atomic E-state index is 5.42. The molecule has 1 aromatic rings. The summed E-state index contributed by atoms with van der Waals surface area (Å²) < 4.78 is 5.42. The summed E-state index contributed by atoms with van der Waals surface area (Å²) in [5, 5.41) is 0. The van der Waals surface area contributed by atoms with Gasteiger partial charge in [0.25, 0.3) is 0 Å². The van der Waals surface area contributed by atoms with Crippen molar-refractivity contribution >= 4 is 24.8 Å². The molecule has 3 nitrogen and oxygen atoms in total. The summed E-state index contributed by atoms with van der Waals surface area (Å²) in [4.78, 5) is 0. The maximum atomic E-state index is 5.42. The molecule has 0 saturated heterocycles. The highest BCUT2D eigenvalue weighted by Crippen LogP contribution is 2.07. The molecule has 0 bridgehead atoms. The van der Waals surface area contributed by atoms with Gasteiger partial charge in [0, 0.05) is 0 Å². The third kappa shape index (κ3) is 6.05. The minimum absolute atomic E-state index is 0. The van der Waals surface area contributed by atoms with Gasteiger partial charge in [0.2, 0.25) is 0 Å². The van der Waals surface area contributed by atoms with Gasteiger partial charge in [-0.2, -0.15) is 0 Å². The van der Waals surface area contributed by atoms with Crippen LogP contribution in [0.3, 0.4) is 0 Å². The van der Waals surface area contributed by atoms with Crippen LogP contribution in [0.5, 0.6) is 5.75 Å². The van der Waals surface area contributed by atoms with Crippen LogP contribution >= 0.6 is 24.8 Å². The number of hydrogen-bond acceptors (Lipinski definition) is 3. The van der Waals surface area contributed by atoms with Crippen LogP contribution in [-0.2, 0) is 0 Å². The lowest BCUT2D eigenvalue weighted by Gasteiger charge is -2.11. The van der Waals surface area contributed by atoms with Gasteiger partial charge in [-0.3, -0.25) is 11.3 Å². The van der Waals surface area contributed by atoms with E-state index >= 15 is 0 Å². The van der Waals surface area contributed by atoms with Crippen molar-refractivity contribution in [1.29, 1.82) is 0 Å². The minimum atomic E-state index is 0. The van der Waals surface area contributed by atoms with Gasteiger partial charge in [-0.05, 0) is 19.1 Å². The molecular formula is C9H16Cl2N2O. The first-order chi connectivity index (χ1) is 5.83. The molecule has 1 rings (SSSR count). The molecule has 1 aromatic carbocycles. The maximum Gasteiger partial charge on any atom is 0.119 e. The van der Waals surface area contributed by atoms with Gasteiger partial charge in [0.1, 0.15) is 12.4 Å². The summed E-state index contributed by atoms with van der Waals surface area (Å²) >= 11 is 0. The fourth-order valence-corrected chi connectivity index (χ4v) is 0.786. The fourth-order valence-electron chi connectivity index (χ4n) is 0.786. The topological polar surface area (TPSA) is 47.3 Å². The smallest absolute Gasteiger partial charge is 0.119 e. The predicted molar refractivity (Wildman–Crippen MR) is 63.2 cm³/mol. The lowest BCUT2D eigenvalue weighted by molar-refractivity contribution is 0.275. The second-order valence-corrected chi connectivity index (χ2v) is 2.69. The van der Waals surface area contributed by atoms with Crippen molar-refractivity contribution in [3.63, 3.8) is 0 Å². The van der Waals surface area contributed by atoms with Crippen LogP contribution in [0.1, 0.15) is 6.92 Å². The Hall–Kier alpha value is -0.480. The molecule has 0 saturated carbocycles. The van der Waals surface area contributed by atoms with Gasteiger partial charge in [0.15, 0.2) is 0 Å². The van der Waals surface area contributed by atoms with E-state index in [0.717, 1.165) is 5.75 Å². The third-order valence-electron chi connectivity index (χ3n) is 1.53. The van der Waals surface area contributed by atoms with Crippen molar-refractivity contribution in [1.82, 2.24) is 5.43 Å². The molecule has 0 radical (unpaired) electrons. The molecule has 82 valence electrons. The van der Waals surface area contributed by atoms with Crippen LogP contribution in [0.4, 0.5) is 0 Å². The van der Waals surface area contributed by atoms with Gasteiger partial charge in [-0.1, -0.05) is 18.2 Å². The van der Waals surface area contributed by atoms with Gasteiger partial charge in [-0.15, -0.1) is 24.8 Å². The van der Waals surface area contributed by atoms with E-state index in [-0.39, 0.29) is 30.9 Å². The fraction of sp³-hybridized carbons (Fsp3) is 0.333. The van der Waals surface area contributed by atoms with Crippen molar-refractivity contribution in [2.45, 2.75) is 13.0 Å². The largest absolute Gasteiger partial charge is 0.492 e. The van der Waals surface area contributed by atoms with Gasteiger partial charge in [0.05, 0.1) is 6.04 Å². The second-order valence-electron chi connectivity index (χ2n) is 2.69. The molecule has 0 aliphatic rings. The summed E-state index contributed by atoms with van der Waals surface area (Å²) in [6.45, 7) is 2.55. The molecule has 0 heterocycles. The Balaban J connectivity index is 0. The van der Waals surface area contributed by atoms with Crippen molar-refractivity contribution in [2.75, 3.05) is 6.61 Å². The number of rotatable bonds is 4. The molecule has 0 amide bonds. The Morgan fingerprint density at radius 1 is 1.29 bits per heavy atom. The average molecular weight is 239 g/mol.